The minimum atomic E-state index is -0.262. The largest absolute Gasteiger partial charge is 0.324 e. The third-order valence-electron chi connectivity index (χ3n) is 5.87. The van der Waals surface area contributed by atoms with Crippen molar-refractivity contribution in [3.63, 3.8) is 0 Å². The van der Waals surface area contributed by atoms with Crippen molar-refractivity contribution < 1.29 is 4.79 Å². The Bertz CT molecular complexity index is 1450. The molecule has 4 aromatic rings. The molecular weight excluding hydrogens is 509 g/mol. The van der Waals surface area contributed by atoms with Crippen LogP contribution < -0.4 is 10.9 Å². The van der Waals surface area contributed by atoms with E-state index in [1.54, 1.807) is 34.1 Å². The summed E-state index contributed by atoms with van der Waals surface area (Å²) in [6, 6.07) is 14.5. The first-order chi connectivity index (χ1) is 16.4. The maximum absolute atomic E-state index is 13.8. The number of thioether (sulfide) groups is 1. The fourth-order valence-corrected chi connectivity index (χ4v) is 6.77. The van der Waals surface area contributed by atoms with E-state index < -0.39 is 0 Å². The smallest absolute Gasteiger partial charge is 0.267 e. The van der Waals surface area contributed by atoms with E-state index in [-0.39, 0.29) is 17.2 Å². The molecule has 2 aromatic heterocycles. The summed E-state index contributed by atoms with van der Waals surface area (Å²) in [5.41, 5.74) is 2.24. The Kier molecular flexibility index (Phi) is 6.71. The molecule has 9 heteroatoms. The number of carbonyl (C=O) groups is 1. The molecule has 0 fully saturated rings. The SMILES string of the molecule is CC1CCc2c(sc3nc(SCC(=O)Nc4cccc(Cl)c4Cl)n(-c4ccccc4)c(=O)c23)C1. The molecule has 1 aliphatic rings. The molecule has 1 aliphatic carbocycles. The predicted molar refractivity (Wildman–Crippen MR) is 142 cm³/mol. The monoisotopic (exact) mass is 529 g/mol. The minimum absolute atomic E-state index is 0.0652. The molecule has 5 rings (SSSR count). The van der Waals surface area contributed by atoms with Crippen LogP contribution in [0.15, 0.2) is 58.5 Å². The number of carbonyl (C=O) groups excluding carboxylic acids is 1. The number of aryl methyl sites for hydroxylation is 1. The highest BCUT2D eigenvalue weighted by molar-refractivity contribution is 7.99. The first-order valence-corrected chi connectivity index (χ1v) is 13.5. The molecule has 1 unspecified atom stereocenters. The molecule has 0 spiro atoms. The normalized spacial score (nSPS) is 15.3. The Hall–Kier alpha value is -2.32. The van der Waals surface area contributed by atoms with Crippen LogP contribution in [0.2, 0.25) is 10.0 Å². The van der Waals surface area contributed by atoms with E-state index in [9.17, 15) is 9.59 Å². The second kappa shape index (κ2) is 9.74. The van der Waals surface area contributed by atoms with Crippen molar-refractivity contribution in [2.75, 3.05) is 11.1 Å². The van der Waals surface area contributed by atoms with Crippen LogP contribution >= 0.6 is 46.3 Å². The summed E-state index contributed by atoms with van der Waals surface area (Å²) in [5, 5.41) is 4.66. The van der Waals surface area contributed by atoms with Gasteiger partial charge in [-0.1, -0.05) is 66.2 Å². The minimum Gasteiger partial charge on any atom is -0.324 e. The number of anilines is 1. The van der Waals surface area contributed by atoms with Gasteiger partial charge in [0.1, 0.15) is 4.83 Å². The van der Waals surface area contributed by atoms with E-state index in [0.717, 1.165) is 40.7 Å². The molecule has 1 amide bonds. The molecule has 0 saturated heterocycles. The van der Waals surface area contributed by atoms with Crippen molar-refractivity contribution >= 4 is 68.1 Å². The molecule has 0 saturated carbocycles. The van der Waals surface area contributed by atoms with E-state index >= 15 is 0 Å². The van der Waals surface area contributed by atoms with Gasteiger partial charge in [0.2, 0.25) is 5.91 Å². The molecule has 1 atom stereocenters. The van der Waals surface area contributed by atoms with Crippen molar-refractivity contribution in [3.8, 4) is 5.69 Å². The number of benzene rings is 2. The van der Waals surface area contributed by atoms with E-state index in [4.69, 9.17) is 28.2 Å². The number of aromatic nitrogens is 2. The first kappa shape index (κ1) is 23.4. The molecule has 0 bridgehead atoms. The second-order valence-electron chi connectivity index (χ2n) is 8.34. The van der Waals surface area contributed by atoms with Crippen molar-refractivity contribution in [3.05, 3.63) is 79.4 Å². The number of halogens is 2. The zero-order valence-corrected chi connectivity index (χ0v) is 21.5. The maximum Gasteiger partial charge on any atom is 0.267 e. The number of hydrogen-bond acceptors (Lipinski definition) is 5. The van der Waals surface area contributed by atoms with Crippen LogP contribution in [0.5, 0.6) is 0 Å². The van der Waals surface area contributed by atoms with Gasteiger partial charge in [-0.25, -0.2) is 4.98 Å². The third-order valence-corrected chi connectivity index (χ3v) is 8.78. The quantitative estimate of drug-likeness (QED) is 0.233. The van der Waals surface area contributed by atoms with Crippen LogP contribution in [0.3, 0.4) is 0 Å². The summed E-state index contributed by atoms with van der Waals surface area (Å²) in [6.07, 6.45) is 2.95. The van der Waals surface area contributed by atoms with Crippen LogP contribution in [0, 0.1) is 5.92 Å². The van der Waals surface area contributed by atoms with Gasteiger partial charge in [0.05, 0.1) is 32.6 Å². The van der Waals surface area contributed by atoms with Crippen LogP contribution in [0.4, 0.5) is 5.69 Å². The van der Waals surface area contributed by atoms with Crippen LogP contribution in [0.1, 0.15) is 23.8 Å². The van der Waals surface area contributed by atoms with E-state index in [0.29, 0.717) is 26.8 Å². The summed E-state index contributed by atoms with van der Waals surface area (Å²) >= 11 is 15.1. The molecule has 0 radical (unpaired) electrons. The number of nitrogens with one attached hydrogen (secondary N) is 1. The number of amides is 1. The highest BCUT2D eigenvalue weighted by Crippen LogP contribution is 2.37. The van der Waals surface area contributed by atoms with E-state index in [2.05, 4.69) is 12.2 Å². The summed E-state index contributed by atoms with van der Waals surface area (Å²) in [6.45, 7) is 2.25. The summed E-state index contributed by atoms with van der Waals surface area (Å²) in [4.78, 5) is 33.3. The second-order valence-corrected chi connectivity index (χ2v) is 11.2. The van der Waals surface area contributed by atoms with Gasteiger partial charge in [0, 0.05) is 4.88 Å². The number of nitrogens with zero attached hydrogens (tertiary/aromatic N) is 2. The van der Waals surface area contributed by atoms with Crippen LogP contribution in [-0.2, 0) is 17.6 Å². The Morgan fingerprint density at radius 3 is 2.79 bits per heavy atom. The number of fused-ring (bicyclic) bond motifs is 3. The molecule has 0 aliphatic heterocycles. The number of rotatable bonds is 5. The lowest BCUT2D eigenvalue weighted by Crippen LogP contribution is -2.23. The topological polar surface area (TPSA) is 64.0 Å². The number of thiophene rings is 1. The van der Waals surface area contributed by atoms with Crippen molar-refractivity contribution in [2.24, 2.45) is 5.92 Å². The predicted octanol–water partition coefficient (Wildman–Crippen LogP) is 6.61. The molecule has 5 nitrogen and oxygen atoms in total. The lowest BCUT2D eigenvalue weighted by molar-refractivity contribution is -0.113. The fraction of sp³-hybridized carbons (Fsp3) is 0.240. The molecule has 1 N–H and O–H groups in total. The van der Waals surface area contributed by atoms with Gasteiger partial charge in [-0.2, -0.15) is 0 Å². The summed E-state index contributed by atoms with van der Waals surface area (Å²) in [5.74, 6) is 0.408. The zero-order chi connectivity index (χ0) is 23.8. The standard InChI is InChI=1S/C25H21Cl2N3O2S2/c1-14-10-11-16-19(12-14)34-23-21(16)24(32)30(15-6-3-2-4-7-15)25(29-23)33-13-20(31)28-18-9-5-8-17(26)22(18)27/h2-9,14H,10-13H2,1H3,(H,28,31). The Morgan fingerprint density at radius 1 is 1.21 bits per heavy atom. The highest BCUT2D eigenvalue weighted by Gasteiger charge is 2.25. The fourth-order valence-electron chi connectivity index (χ4n) is 4.19. The first-order valence-electron chi connectivity index (χ1n) is 10.9. The summed E-state index contributed by atoms with van der Waals surface area (Å²) in [7, 11) is 0. The highest BCUT2D eigenvalue weighted by atomic mass is 35.5. The Labute approximate surface area is 215 Å². The number of para-hydroxylation sites is 1. The maximum atomic E-state index is 13.8. The summed E-state index contributed by atoms with van der Waals surface area (Å²) < 4.78 is 1.62. The van der Waals surface area contributed by atoms with E-state index in [1.807, 2.05) is 30.3 Å². The van der Waals surface area contributed by atoms with Gasteiger partial charge in [-0.15, -0.1) is 11.3 Å². The third kappa shape index (κ3) is 4.50. The average molecular weight is 531 g/mol. The van der Waals surface area contributed by atoms with Crippen molar-refractivity contribution in [2.45, 2.75) is 31.3 Å². The Balaban J connectivity index is 1.51. The van der Waals surface area contributed by atoms with Gasteiger partial charge >= 0.3 is 0 Å². The van der Waals surface area contributed by atoms with Gasteiger partial charge < -0.3 is 5.32 Å². The molecule has 2 heterocycles. The van der Waals surface area contributed by atoms with Gasteiger partial charge in [-0.05, 0) is 55.0 Å². The lowest BCUT2D eigenvalue weighted by atomic mass is 9.89. The van der Waals surface area contributed by atoms with Gasteiger partial charge in [0.15, 0.2) is 5.16 Å². The van der Waals surface area contributed by atoms with Gasteiger partial charge in [0.25, 0.3) is 5.56 Å². The van der Waals surface area contributed by atoms with Crippen LogP contribution in [0.25, 0.3) is 15.9 Å². The molecular formula is C25H21Cl2N3O2S2. The van der Waals surface area contributed by atoms with E-state index in [1.165, 1.54) is 16.6 Å². The number of hydrogen-bond donors (Lipinski definition) is 1. The van der Waals surface area contributed by atoms with Crippen LogP contribution in [-0.4, -0.2) is 21.2 Å². The Morgan fingerprint density at radius 2 is 2.00 bits per heavy atom. The van der Waals surface area contributed by atoms with Gasteiger partial charge in [-0.3, -0.25) is 14.2 Å². The van der Waals surface area contributed by atoms with Crippen molar-refractivity contribution in [1.29, 1.82) is 0 Å². The lowest BCUT2D eigenvalue weighted by Gasteiger charge is -2.17. The zero-order valence-electron chi connectivity index (χ0n) is 18.3. The van der Waals surface area contributed by atoms with Crippen molar-refractivity contribution in [1.82, 2.24) is 9.55 Å². The molecule has 34 heavy (non-hydrogen) atoms. The average Bonchev–Trinajstić information content (AvgIpc) is 3.19. The molecule has 2 aromatic carbocycles. The molecule has 174 valence electrons.